The van der Waals surface area contributed by atoms with Crippen LogP contribution in [0.15, 0.2) is 23.8 Å². The predicted octanol–water partition coefficient (Wildman–Crippen LogP) is 1.98. The average molecular weight is 485 g/mol. The number of rotatable bonds is 5. The highest BCUT2D eigenvalue weighted by atomic mass is 32.1. The summed E-state index contributed by atoms with van der Waals surface area (Å²) >= 11 is 1.56. The first-order chi connectivity index (χ1) is 16.6. The second-order valence-corrected chi connectivity index (χ2v) is 9.44. The van der Waals surface area contributed by atoms with Gasteiger partial charge in [0.25, 0.3) is 5.91 Å². The van der Waals surface area contributed by atoms with Crippen molar-refractivity contribution in [3.05, 3.63) is 29.5 Å². The zero-order valence-corrected chi connectivity index (χ0v) is 19.8. The number of anilines is 1. The van der Waals surface area contributed by atoms with Crippen molar-refractivity contribution in [3.63, 3.8) is 0 Å². The summed E-state index contributed by atoms with van der Waals surface area (Å²) in [5, 5.41) is 16.0. The third-order valence-corrected chi connectivity index (χ3v) is 7.19. The minimum absolute atomic E-state index is 0.00544. The van der Waals surface area contributed by atoms with E-state index in [1.165, 1.54) is 7.11 Å². The Balaban J connectivity index is 1.39. The fourth-order valence-electron chi connectivity index (χ4n) is 4.42. The summed E-state index contributed by atoms with van der Waals surface area (Å²) in [7, 11) is 1.35. The number of thiazole rings is 1. The van der Waals surface area contributed by atoms with Crippen LogP contribution in [0.3, 0.4) is 0 Å². The molecule has 2 fully saturated rings. The SMILES string of the molecule is COC(=O)NC1CCN(C(=O)c2cc(NC3CCNCC3)nc(-c3cnn4ccsc34)n2)CC1. The Morgan fingerprint density at radius 3 is 2.71 bits per heavy atom. The second-order valence-electron chi connectivity index (χ2n) is 8.54. The molecule has 180 valence electrons. The number of amides is 2. The van der Waals surface area contributed by atoms with E-state index in [1.54, 1.807) is 33.0 Å². The van der Waals surface area contributed by atoms with Crippen molar-refractivity contribution in [1.82, 2.24) is 35.1 Å². The number of carbonyl (C=O) groups excluding carboxylic acids is 2. The number of ether oxygens (including phenoxy) is 1. The molecule has 11 nitrogen and oxygen atoms in total. The molecule has 3 aromatic heterocycles. The summed E-state index contributed by atoms with van der Waals surface area (Å²) in [5.74, 6) is 1.00. The molecule has 3 aromatic rings. The minimum atomic E-state index is -0.445. The van der Waals surface area contributed by atoms with Gasteiger partial charge in [0.15, 0.2) is 5.82 Å². The molecule has 0 aromatic carbocycles. The number of alkyl carbamates (subject to hydrolysis) is 1. The first-order valence-corrected chi connectivity index (χ1v) is 12.4. The zero-order valence-electron chi connectivity index (χ0n) is 19.0. The first-order valence-electron chi connectivity index (χ1n) is 11.5. The molecule has 2 aliphatic heterocycles. The van der Waals surface area contributed by atoms with Gasteiger partial charge in [-0.2, -0.15) is 5.10 Å². The number of carbonyl (C=O) groups is 2. The van der Waals surface area contributed by atoms with Gasteiger partial charge >= 0.3 is 6.09 Å². The molecule has 34 heavy (non-hydrogen) atoms. The van der Waals surface area contributed by atoms with Crippen molar-refractivity contribution in [2.24, 2.45) is 0 Å². The van der Waals surface area contributed by atoms with Gasteiger partial charge in [-0.25, -0.2) is 19.3 Å². The highest BCUT2D eigenvalue weighted by Gasteiger charge is 2.27. The van der Waals surface area contributed by atoms with Gasteiger partial charge in [-0.05, 0) is 38.8 Å². The van der Waals surface area contributed by atoms with E-state index in [9.17, 15) is 9.59 Å². The lowest BCUT2D eigenvalue weighted by atomic mass is 10.0. The summed E-state index contributed by atoms with van der Waals surface area (Å²) in [4.78, 5) is 37.1. The third-order valence-electron chi connectivity index (χ3n) is 6.30. The molecule has 0 saturated carbocycles. The quantitative estimate of drug-likeness (QED) is 0.502. The lowest BCUT2D eigenvalue weighted by molar-refractivity contribution is 0.0698. The molecule has 0 aliphatic carbocycles. The maximum absolute atomic E-state index is 13.4. The number of likely N-dealkylation sites (tertiary alicyclic amines) is 1. The molecule has 2 amide bonds. The topological polar surface area (TPSA) is 126 Å². The number of methoxy groups -OCH3 is 1. The van der Waals surface area contributed by atoms with Crippen LogP contribution in [0.1, 0.15) is 36.2 Å². The smallest absolute Gasteiger partial charge is 0.407 e. The third kappa shape index (κ3) is 4.82. The van der Waals surface area contributed by atoms with Crippen molar-refractivity contribution < 1.29 is 14.3 Å². The Kier molecular flexibility index (Phi) is 6.59. The van der Waals surface area contributed by atoms with E-state index in [2.05, 4.69) is 30.8 Å². The van der Waals surface area contributed by atoms with Crippen molar-refractivity contribution in [2.45, 2.75) is 37.8 Å². The van der Waals surface area contributed by atoms with Crippen LogP contribution in [0.2, 0.25) is 0 Å². The lowest BCUT2D eigenvalue weighted by Gasteiger charge is -2.32. The van der Waals surface area contributed by atoms with Crippen molar-refractivity contribution in [2.75, 3.05) is 38.6 Å². The number of nitrogens with zero attached hydrogens (tertiary/aromatic N) is 5. The van der Waals surface area contributed by atoms with Gasteiger partial charge in [-0.15, -0.1) is 11.3 Å². The van der Waals surface area contributed by atoms with Gasteiger partial charge in [0.1, 0.15) is 16.3 Å². The molecular formula is C22H28N8O3S. The Morgan fingerprint density at radius 2 is 1.94 bits per heavy atom. The maximum atomic E-state index is 13.4. The highest BCUT2D eigenvalue weighted by molar-refractivity contribution is 7.16. The van der Waals surface area contributed by atoms with Gasteiger partial charge in [0.05, 0.1) is 18.9 Å². The lowest BCUT2D eigenvalue weighted by Crippen LogP contribution is -2.46. The molecule has 0 radical (unpaired) electrons. The Bertz CT molecular complexity index is 1160. The number of aromatic nitrogens is 4. The second kappa shape index (κ2) is 9.94. The van der Waals surface area contributed by atoms with Crippen LogP contribution in [0.25, 0.3) is 16.2 Å². The minimum Gasteiger partial charge on any atom is -0.453 e. The van der Waals surface area contributed by atoms with Gasteiger partial charge in [0.2, 0.25) is 0 Å². The van der Waals surface area contributed by atoms with Gasteiger partial charge in [-0.3, -0.25) is 4.79 Å². The van der Waals surface area contributed by atoms with Crippen LogP contribution < -0.4 is 16.0 Å². The van der Waals surface area contributed by atoms with Crippen molar-refractivity contribution >= 4 is 34.0 Å². The Hall–Kier alpha value is -3.25. The van der Waals surface area contributed by atoms with Crippen molar-refractivity contribution in [1.29, 1.82) is 0 Å². The Labute approximate surface area is 200 Å². The summed E-state index contributed by atoms with van der Waals surface area (Å²) in [6.45, 7) is 2.98. The summed E-state index contributed by atoms with van der Waals surface area (Å²) in [5.41, 5.74) is 1.16. The molecule has 5 heterocycles. The largest absolute Gasteiger partial charge is 0.453 e. The van der Waals surface area contributed by atoms with Crippen LogP contribution in [0, 0.1) is 0 Å². The first kappa shape index (κ1) is 22.5. The molecule has 0 atom stereocenters. The molecular weight excluding hydrogens is 456 g/mol. The average Bonchev–Trinajstić information content (AvgIpc) is 3.49. The Morgan fingerprint density at radius 1 is 1.15 bits per heavy atom. The van der Waals surface area contributed by atoms with Crippen LogP contribution in [0.4, 0.5) is 10.6 Å². The molecule has 0 spiro atoms. The van der Waals surface area contributed by atoms with Crippen LogP contribution in [0.5, 0.6) is 0 Å². The molecule has 2 aliphatic rings. The summed E-state index contributed by atoms with van der Waals surface area (Å²) < 4.78 is 6.47. The fourth-order valence-corrected chi connectivity index (χ4v) is 5.21. The van der Waals surface area contributed by atoms with Crippen molar-refractivity contribution in [3.8, 4) is 11.4 Å². The normalized spacial score (nSPS) is 17.6. The monoisotopic (exact) mass is 484 g/mol. The molecule has 5 rings (SSSR count). The van der Waals surface area contributed by atoms with Gasteiger partial charge in [0, 0.05) is 42.8 Å². The van der Waals surface area contributed by atoms with Gasteiger partial charge in [-0.1, -0.05) is 0 Å². The van der Waals surface area contributed by atoms with E-state index in [0.717, 1.165) is 36.3 Å². The fraction of sp³-hybridized carbons (Fsp3) is 0.500. The molecule has 0 bridgehead atoms. The summed E-state index contributed by atoms with van der Waals surface area (Å²) in [6, 6.07) is 2.04. The number of fused-ring (bicyclic) bond motifs is 1. The van der Waals surface area contributed by atoms with E-state index in [4.69, 9.17) is 4.98 Å². The highest BCUT2D eigenvalue weighted by Crippen LogP contribution is 2.27. The maximum Gasteiger partial charge on any atom is 0.407 e. The summed E-state index contributed by atoms with van der Waals surface area (Å²) in [6.07, 6.45) is 6.50. The number of hydrogen-bond acceptors (Lipinski definition) is 9. The van der Waals surface area contributed by atoms with Crippen LogP contribution in [-0.2, 0) is 4.74 Å². The zero-order chi connectivity index (χ0) is 23.5. The van der Waals surface area contributed by atoms with Gasteiger partial charge < -0.3 is 25.6 Å². The molecule has 0 unspecified atom stereocenters. The molecule has 3 N–H and O–H groups in total. The molecule has 12 heteroatoms. The van der Waals surface area contributed by atoms with E-state index in [1.807, 2.05) is 11.6 Å². The molecule has 2 saturated heterocycles. The van der Waals surface area contributed by atoms with Crippen LogP contribution in [-0.4, -0.2) is 81.9 Å². The van der Waals surface area contributed by atoms with E-state index in [0.29, 0.717) is 49.3 Å². The van der Waals surface area contributed by atoms with Crippen LogP contribution >= 0.6 is 11.3 Å². The van der Waals surface area contributed by atoms with E-state index >= 15 is 0 Å². The number of piperidine rings is 2. The standard InChI is InChI=1S/C22H28N8O3S/c1-33-22(32)26-15-4-8-29(9-5-15)20(31)17-12-18(25-14-2-6-23-7-3-14)28-19(27-17)16-13-24-30-10-11-34-21(16)30/h10-15,23H,2-9H2,1H3,(H,26,32)(H,25,27,28). The predicted molar refractivity (Wildman–Crippen MR) is 128 cm³/mol. The number of nitrogens with one attached hydrogen (secondary N) is 3. The van der Waals surface area contributed by atoms with E-state index in [-0.39, 0.29) is 11.9 Å². The number of hydrogen-bond donors (Lipinski definition) is 3. The van der Waals surface area contributed by atoms with E-state index < -0.39 is 6.09 Å².